The van der Waals surface area contributed by atoms with Crippen LogP contribution in [0.15, 0.2) is 41.3 Å². The minimum atomic E-state index is -4.00. The highest BCUT2D eigenvalue weighted by molar-refractivity contribution is 7.89. The van der Waals surface area contributed by atoms with Gasteiger partial charge in [0.05, 0.1) is 16.3 Å². The fourth-order valence-corrected chi connectivity index (χ4v) is 2.80. The van der Waals surface area contributed by atoms with Gasteiger partial charge in [-0.2, -0.15) is 0 Å². The Balaban J connectivity index is 2.81. The second kappa shape index (κ2) is 5.08. The van der Waals surface area contributed by atoms with Gasteiger partial charge in [-0.25, -0.2) is 13.6 Å². The summed E-state index contributed by atoms with van der Waals surface area (Å²) in [5.74, 6) is -0.398. The summed E-state index contributed by atoms with van der Waals surface area (Å²) in [5.41, 5.74) is 18.8. The van der Waals surface area contributed by atoms with Gasteiger partial charge in [-0.05, 0) is 29.3 Å². The zero-order chi connectivity index (χ0) is 15.8. The van der Waals surface area contributed by atoms with Crippen LogP contribution in [0.2, 0.25) is 0 Å². The van der Waals surface area contributed by atoms with Crippen LogP contribution in [0.1, 0.15) is 5.56 Å². The van der Waals surface area contributed by atoms with E-state index < -0.39 is 15.9 Å². The molecule has 0 bridgehead atoms. The monoisotopic (exact) mass is 305 g/mol. The lowest BCUT2D eigenvalue weighted by Crippen LogP contribution is -2.21. The van der Waals surface area contributed by atoms with Gasteiger partial charge < -0.3 is 17.2 Å². The summed E-state index contributed by atoms with van der Waals surface area (Å²) in [5, 5.41) is 12.8. The van der Waals surface area contributed by atoms with Gasteiger partial charge in [-0.3, -0.25) is 5.41 Å². The van der Waals surface area contributed by atoms with E-state index in [0.717, 1.165) is 0 Å². The van der Waals surface area contributed by atoms with Crippen LogP contribution in [-0.4, -0.2) is 14.3 Å². The van der Waals surface area contributed by atoms with Gasteiger partial charge in [0.25, 0.3) is 0 Å². The lowest BCUT2D eigenvalue weighted by Gasteiger charge is -2.13. The predicted molar refractivity (Wildman–Crippen MR) is 83.1 cm³/mol. The van der Waals surface area contributed by atoms with Crippen molar-refractivity contribution in [3.8, 4) is 11.1 Å². The largest absolute Gasteiger partial charge is 0.397 e. The normalized spacial score (nSPS) is 11.3. The first-order chi connectivity index (χ1) is 9.71. The molecule has 9 N–H and O–H groups in total. The number of amidine groups is 1. The molecule has 7 nitrogen and oxygen atoms in total. The van der Waals surface area contributed by atoms with Crippen molar-refractivity contribution in [3.63, 3.8) is 0 Å². The summed E-state index contributed by atoms with van der Waals surface area (Å²) in [7, 11) is -4.00. The molecule has 0 unspecified atom stereocenters. The molecular formula is C13H15N5O2S. The molecule has 0 aliphatic rings. The third-order valence-corrected chi connectivity index (χ3v) is 3.95. The molecule has 0 amide bonds. The number of sulfonamides is 1. The molecule has 0 saturated heterocycles. The molecule has 0 atom stereocenters. The zero-order valence-corrected chi connectivity index (χ0v) is 11.8. The van der Waals surface area contributed by atoms with Crippen LogP contribution in [0.3, 0.4) is 0 Å². The Kier molecular flexibility index (Phi) is 3.58. The van der Waals surface area contributed by atoms with Gasteiger partial charge in [0.2, 0.25) is 10.0 Å². The number of hydrogen-bond acceptors (Lipinski definition) is 5. The topological polar surface area (TPSA) is 162 Å². The van der Waals surface area contributed by atoms with Crippen molar-refractivity contribution in [1.29, 1.82) is 5.41 Å². The molecule has 2 aromatic carbocycles. The molecule has 2 rings (SSSR count). The Morgan fingerprint density at radius 2 is 1.71 bits per heavy atom. The fourth-order valence-electron chi connectivity index (χ4n) is 2.03. The standard InChI is InChI=1S/C13H15N5O2S/c14-9-5-4-7(6-10(9)15)8-2-1-3-11(21(18,19)20)12(8)13(16)17/h1-6H,14-15H2,(H3,16,17)(H2,18,19,20). The van der Waals surface area contributed by atoms with Crippen LogP contribution >= 0.6 is 0 Å². The lowest BCUT2D eigenvalue weighted by atomic mass is 9.98. The van der Waals surface area contributed by atoms with Gasteiger partial charge in [0.1, 0.15) is 5.84 Å². The average Bonchev–Trinajstić information content (AvgIpc) is 2.40. The lowest BCUT2D eigenvalue weighted by molar-refractivity contribution is 0.597. The van der Waals surface area contributed by atoms with E-state index in [-0.39, 0.29) is 10.5 Å². The quantitative estimate of drug-likeness (QED) is 0.315. The number of nitrogen functional groups attached to an aromatic ring is 3. The minimum Gasteiger partial charge on any atom is -0.397 e. The van der Waals surface area contributed by atoms with Crippen LogP contribution in [0.4, 0.5) is 11.4 Å². The third-order valence-electron chi connectivity index (χ3n) is 3.00. The Labute approximate surface area is 122 Å². The molecule has 0 heterocycles. The van der Waals surface area contributed by atoms with E-state index in [4.69, 9.17) is 27.7 Å². The SMILES string of the molecule is N=C(N)c1c(-c2ccc(N)c(N)c2)cccc1S(N)(=O)=O. The van der Waals surface area contributed by atoms with Gasteiger partial charge in [-0.15, -0.1) is 0 Å². The number of primary sulfonamides is 1. The van der Waals surface area contributed by atoms with E-state index in [9.17, 15) is 8.42 Å². The Morgan fingerprint density at radius 3 is 2.24 bits per heavy atom. The maximum atomic E-state index is 11.6. The number of nitrogens with two attached hydrogens (primary N) is 4. The van der Waals surface area contributed by atoms with Crippen LogP contribution in [0, 0.1) is 5.41 Å². The van der Waals surface area contributed by atoms with E-state index in [1.54, 1.807) is 24.3 Å². The number of hydrogen-bond donors (Lipinski definition) is 5. The Morgan fingerprint density at radius 1 is 1.05 bits per heavy atom. The second-order valence-corrected chi connectivity index (χ2v) is 6.01. The van der Waals surface area contributed by atoms with Crippen LogP contribution in [0.25, 0.3) is 11.1 Å². The van der Waals surface area contributed by atoms with Gasteiger partial charge in [0.15, 0.2) is 0 Å². The highest BCUT2D eigenvalue weighted by atomic mass is 32.2. The van der Waals surface area contributed by atoms with Gasteiger partial charge in [-0.1, -0.05) is 18.2 Å². The molecule has 0 spiro atoms. The molecule has 0 aromatic heterocycles. The molecular weight excluding hydrogens is 290 g/mol. The summed E-state index contributed by atoms with van der Waals surface area (Å²) in [6.45, 7) is 0. The molecule has 0 aliphatic heterocycles. The van der Waals surface area contributed by atoms with Crippen molar-refractivity contribution >= 4 is 27.2 Å². The van der Waals surface area contributed by atoms with Crippen molar-refractivity contribution in [2.24, 2.45) is 10.9 Å². The first kappa shape index (κ1) is 14.8. The maximum absolute atomic E-state index is 11.6. The second-order valence-electron chi connectivity index (χ2n) is 4.48. The van der Waals surface area contributed by atoms with Crippen molar-refractivity contribution in [3.05, 3.63) is 42.0 Å². The smallest absolute Gasteiger partial charge is 0.238 e. The Hall–Kier alpha value is -2.58. The molecule has 8 heteroatoms. The van der Waals surface area contributed by atoms with Crippen molar-refractivity contribution in [2.75, 3.05) is 11.5 Å². The molecule has 110 valence electrons. The van der Waals surface area contributed by atoms with E-state index in [1.165, 1.54) is 12.1 Å². The van der Waals surface area contributed by atoms with E-state index in [2.05, 4.69) is 0 Å². The molecule has 21 heavy (non-hydrogen) atoms. The van der Waals surface area contributed by atoms with Gasteiger partial charge in [0, 0.05) is 5.56 Å². The summed E-state index contributed by atoms with van der Waals surface area (Å²) in [6, 6.07) is 9.31. The summed E-state index contributed by atoms with van der Waals surface area (Å²) in [4.78, 5) is -0.206. The van der Waals surface area contributed by atoms with Crippen molar-refractivity contribution in [1.82, 2.24) is 0 Å². The molecule has 0 aliphatic carbocycles. The predicted octanol–water partition coefficient (Wildman–Crippen LogP) is 0.449. The highest BCUT2D eigenvalue weighted by Gasteiger charge is 2.20. The first-order valence-corrected chi connectivity index (χ1v) is 7.42. The van der Waals surface area contributed by atoms with E-state index >= 15 is 0 Å². The third kappa shape index (κ3) is 2.81. The number of benzene rings is 2. The van der Waals surface area contributed by atoms with Crippen LogP contribution in [-0.2, 0) is 10.0 Å². The fraction of sp³-hybridized carbons (Fsp3) is 0. The van der Waals surface area contributed by atoms with Crippen molar-refractivity contribution in [2.45, 2.75) is 4.90 Å². The molecule has 0 fully saturated rings. The van der Waals surface area contributed by atoms with Crippen molar-refractivity contribution < 1.29 is 8.42 Å². The summed E-state index contributed by atoms with van der Waals surface area (Å²) >= 11 is 0. The zero-order valence-electron chi connectivity index (χ0n) is 11.0. The number of nitrogens with one attached hydrogen (secondary N) is 1. The maximum Gasteiger partial charge on any atom is 0.238 e. The molecule has 2 aromatic rings. The van der Waals surface area contributed by atoms with Gasteiger partial charge >= 0.3 is 0 Å². The van der Waals surface area contributed by atoms with Crippen LogP contribution < -0.4 is 22.3 Å². The minimum absolute atomic E-state index is 0.0455. The number of anilines is 2. The molecule has 0 radical (unpaired) electrons. The van der Waals surface area contributed by atoms with E-state index in [0.29, 0.717) is 22.5 Å². The summed E-state index contributed by atoms with van der Waals surface area (Å²) < 4.78 is 23.3. The average molecular weight is 305 g/mol. The Bertz CT molecular complexity index is 830. The highest BCUT2D eigenvalue weighted by Crippen LogP contribution is 2.30. The van der Waals surface area contributed by atoms with Crippen LogP contribution in [0.5, 0.6) is 0 Å². The molecule has 0 saturated carbocycles. The van der Waals surface area contributed by atoms with E-state index in [1.807, 2.05) is 0 Å². The summed E-state index contributed by atoms with van der Waals surface area (Å²) in [6.07, 6.45) is 0. The number of rotatable bonds is 3. The first-order valence-electron chi connectivity index (χ1n) is 5.87.